The number of hydrogen-bond acceptors (Lipinski definition) is 5. The molecule has 2 unspecified atom stereocenters. The van der Waals surface area contributed by atoms with E-state index in [1.807, 2.05) is 24.3 Å². The molecule has 1 aromatic heterocycles. The summed E-state index contributed by atoms with van der Waals surface area (Å²) in [5.41, 5.74) is 7.00. The van der Waals surface area contributed by atoms with Crippen molar-refractivity contribution in [1.29, 1.82) is 0 Å². The van der Waals surface area contributed by atoms with Gasteiger partial charge in [0, 0.05) is 10.8 Å². The van der Waals surface area contributed by atoms with Crippen molar-refractivity contribution in [1.82, 2.24) is 4.72 Å². The van der Waals surface area contributed by atoms with Gasteiger partial charge in [0.25, 0.3) is 0 Å². The molecule has 3 aromatic rings. The van der Waals surface area contributed by atoms with Gasteiger partial charge >= 0.3 is 0 Å². The van der Waals surface area contributed by atoms with E-state index in [1.165, 1.54) is 13.0 Å². The predicted molar refractivity (Wildman–Crippen MR) is 96.8 cm³/mol. The number of hydrogen-bond donors (Lipinski definition) is 2. The zero-order valence-electron chi connectivity index (χ0n) is 14.0. The van der Waals surface area contributed by atoms with Crippen molar-refractivity contribution in [3.63, 3.8) is 0 Å². The Morgan fingerprint density at radius 3 is 2.56 bits per heavy atom. The minimum atomic E-state index is -3.85. The lowest BCUT2D eigenvalue weighted by atomic mass is 10.1. The van der Waals surface area contributed by atoms with Gasteiger partial charge in [-0.05, 0) is 37.6 Å². The van der Waals surface area contributed by atoms with E-state index in [0.717, 1.165) is 5.39 Å². The predicted octanol–water partition coefficient (Wildman–Crippen LogP) is 2.56. The second-order valence-corrected chi connectivity index (χ2v) is 7.73. The first-order valence-electron chi connectivity index (χ1n) is 8.06. The molecule has 0 saturated carbocycles. The van der Waals surface area contributed by atoms with Gasteiger partial charge in [0.2, 0.25) is 10.0 Å². The van der Waals surface area contributed by atoms with Crippen LogP contribution in [-0.4, -0.2) is 26.3 Å². The molecule has 0 spiro atoms. The number of carbonyl (C=O) groups excluding carboxylic acids is 1. The monoisotopic (exact) mass is 360 g/mol. The highest BCUT2D eigenvalue weighted by Crippen LogP contribution is 2.30. The van der Waals surface area contributed by atoms with E-state index < -0.39 is 22.1 Å². The molecule has 132 valence electrons. The Morgan fingerprint density at radius 1 is 1.16 bits per heavy atom. The standard InChI is InChI=1S/C18H20N2O4S/c1-3-15(19)18(21)11(2)20-25(22,23)12-8-9-17-14(10-12)13-6-4-5-7-16(13)24-17/h4-11,15,20H,3,19H2,1-2H3. The largest absolute Gasteiger partial charge is 0.456 e. The lowest BCUT2D eigenvalue weighted by molar-refractivity contribution is -0.121. The summed E-state index contributed by atoms with van der Waals surface area (Å²) in [4.78, 5) is 12.1. The van der Waals surface area contributed by atoms with Crippen LogP contribution in [0, 0.1) is 0 Å². The van der Waals surface area contributed by atoms with Crippen molar-refractivity contribution in [3.8, 4) is 0 Å². The Balaban J connectivity index is 1.97. The van der Waals surface area contributed by atoms with Crippen molar-refractivity contribution in [2.24, 2.45) is 5.73 Å². The smallest absolute Gasteiger partial charge is 0.241 e. The number of carbonyl (C=O) groups is 1. The maximum absolute atomic E-state index is 12.6. The molecule has 0 aliphatic carbocycles. The van der Waals surface area contributed by atoms with Crippen LogP contribution in [0.25, 0.3) is 21.9 Å². The molecule has 7 heteroatoms. The van der Waals surface area contributed by atoms with Gasteiger partial charge in [-0.2, -0.15) is 0 Å². The third-order valence-electron chi connectivity index (χ3n) is 4.22. The van der Waals surface area contributed by atoms with Crippen LogP contribution in [0.2, 0.25) is 0 Å². The van der Waals surface area contributed by atoms with Gasteiger partial charge in [0.1, 0.15) is 11.2 Å². The number of nitrogens with two attached hydrogens (primary N) is 1. The highest BCUT2D eigenvalue weighted by Gasteiger charge is 2.25. The van der Waals surface area contributed by atoms with Gasteiger partial charge < -0.3 is 10.2 Å². The van der Waals surface area contributed by atoms with Crippen molar-refractivity contribution in [3.05, 3.63) is 42.5 Å². The first kappa shape index (κ1) is 17.6. The lowest BCUT2D eigenvalue weighted by Gasteiger charge is -2.16. The molecular weight excluding hydrogens is 340 g/mol. The fraction of sp³-hybridized carbons (Fsp3) is 0.278. The van der Waals surface area contributed by atoms with E-state index in [4.69, 9.17) is 10.2 Å². The van der Waals surface area contributed by atoms with E-state index in [0.29, 0.717) is 23.0 Å². The third kappa shape index (κ3) is 3.30. The number of ketones is 1. The summed E-state index contributed by atoms with van der Waals surface area (Å²) in [5.74, 6) is -0.332. The molecule has 6 nitrogen and oxygen atoms in total. The number of para-hydroxylation sites is 1. The molecule has 0 fully saturated rings. The molecule has 2 aromatic carbocycles. The van der Waals surface area contributed by atoms with E-state index in [2.05, 4.69) is 4.72 Å². The molecule has 0 aliphatic rings. The minimum absolute atomic E-state index is 0.0799. The maximum Gasteiger partial charge on any atom is 0.241 e. The molecule has 0 saturated heterocycles. The van der Waals surface area contributed by atoms with Gasteiger partial charge in [-0.1, -0.05) is 25.1 Å². The number of rotatable bonds is 6. The molecular formula is C18H20N2O4S. The zero-order chi connectivity index (χ0) is 18.2. The summed E-state index contributed by atoms with van der Waals surface area (Å²) in [6, 6.07) is 10.5. The van der Waals surface area contributed by atoms with Gasteiger partial charge in [0.05, 0.1) is 17.0 Å². The number of nitrogens with one attached hydrogen (secondary N) is 1. The summed E-state index contributed by atoms with van der Waals surface area (Å²) in [6.45, 7) is 3.28. The van der Waals surface area contributed by atoms with Crippen LogP contribution in [0.1, 0.15) is 20.3 Å². The van der Waals surface area contributed by atoms with Gasteiger partial charge in [-0.15, -0.1) is 0 Å². The number of sulfonamides is 1. The maximum atomic E-state index is 12.6. The second kappa shape index (κ2) is 6.59. The highest BCUT2D eigenvalue weighted by molar-refractivity contribution is 7.89. The van der Waals surface area contributed by atoms with Crippen molar-refractivity contribution in [2.45, 2.75) is 37.2 Å². The van der Waals surface area contributed by atoms with Crippen molar-refractivity contribution < 1.29 is 17.6 Å². The average molecular weight is 360 g/mol. The first-order chi connectivity index (χ1) is 11.8. The van der Waals surface area contributed by atoms with Gasteiger partial charge in [-0.3, -0.25) is 4.79 Å². The van der Waals surface area contributed by atoms with E-state index in [1.54, 1.807) is 19.1 Å². The van der Waals surface area contributed by atoms with Crippen LogP contribution in [0.15, 0.2) is 51.8 Å². The molecule has 3 N–H and O–H groups in total. The fourth-order valence-electron chi connectivity index (χ4n) is 2.75. The molecule has 1 heterocycles. The van der Waals surface area contributed by atoms with E-state index >= 15 is 0 Å². The number of furan rings is 1. The van der Waals surface area contributed by atoms with Crippen LogP contribution in [0.3, 0.4) is 0 Å². The summed E-state index contributed by atoms with van der Waals surface area (Å²) in [7, 11) is -3.85. The quantitative estimate of drug-likeness (QED) is 0.703. The molecule has 25 heavy (non-hydrogen) atoms. The summed E-state index contributed by atoms with van der Waals surface area (Å²) in [6.07, 6.45) is 0.456. The van der Waals surface area contributed by atoms with Crippen molar-refractivity contribution in [2.75, 3.05) is 0 Å². The Kier molecular flexibility index (Phi) is 4.64. The molecule has 3 rings (SSSR count). The molecule has 0 aliphatic heterocycles. The Hall–Kier alpha value is -2.22. The highest BCUT2D eigenvalue weighted by atomic mass is 32.2. The molecule has 2 atom stereocenters. The van der Waals surface area contributed by atoms with Crippen molar-refractivity contribution >= 4 is 37.7 Å². The normalized spacial score (nSPS) is 14.7. The second-order valence-electron chi connectivity index (χ2n) is 6.02. The molecule has 0 amide bonds. The number of benzene rings is 2. The zero-order valence-corrected chi connectivity index (χ0v) is 14.8. The minimum Gasteiger partial charge on any atom is -0.456 e. The SMILES string of the molecule is CCC(N)C(=O)C(C)NS(=O)(=O)c1ccc2oc3ccccc3c2c1. The van der Waals surface area contributed by atoms with Crippen LogP contribution < -0.4 is 10.5 Å². The molecule has 0 radical (unpaired) electrons. The first-order valence-corrected chi connectivity index (χ1v) is 9.54. The topological polar surface area (TPSA) is 102 Å². The number of fused-ring (bicyclic) bond motifs is 3. The lowest BCUT2D eigenvalue weighted by Crippen LogP contribution is -2.46. The number of Topliss-reactive ketones (excluding diaryl/α,β-unsaturated/α-hetero) is 1. The third-order valence-corrected chi connectivity index (χ3v) is 5.76. The Morgan fingerprint density at radius 2 is 1.84 bits per heavy atom. The summed E-state index contributed by atoms with van der Waals surface area (Å²) >= 11 is 0. The van der Waals surface area contributed by atoms with Gasteiger partial charge in [0.15, 0.2) is 5.78 Å². The van der Waals surface area contributed by atoms with Crippen LogP contribution in [-0.2, 0) is 14.8 Å². The van der Waals surface area contributed by atoms with Crippen LogP contribution >= 0.6 is 0 Å². The van der Waals surface area contributed by atoms with Gasteiger partial charge in [-0.25, -0.2) is 13.1 Å². The van der Waals surface area contributed by atoms with E-state index in [-0.39, 0.29) is 10.7 Å². The van der Waals surface area contributed by atoms with Crippen LogP contribution in [0.5, 0.6) is 0 Å². The molecule has 0 bridgehead atoms. The average Bonchev–Trinajstić information content (AvgIpc) is 2.97. The summed E-state index contributed by atoms with van der Waals surface area (Å²) < 4.78 is 33.4. The Bertz CT molecular complexity index is 1040. The summed E-state index contributed by atoms with van der Waals surface area (Å²) in [5, 5.41) is 1.55. The van der Waals surface area contributed by atoms with E-state index in [9.17, 15) is 13.2 Å². The fourth-order valence-corrected chi connectivity index (χ4v) is 3.99. The van der Waals surface area contributed by atoms with Crippen LogP contribution in [0.4, 0.5) is 0 Å². The Labute approximate surface area is 146 Å².